The molecule has 0 bridgehead atoms. The molecule has 0 unspecified atom stereocenters. The van der Waals surface area contributed by atoms with Crippen molar-refractivity contribution in [2.45, 2.75) is 102 Å². The van der Waals surface area contributed by atoms with Crippen molar-refractivity contribution in [3.8, 4) is 5.69 Å². The van der Waals surface area contributed by atoms with Gasteiger partial charge in [0, 0.05) is 49.4 Å². The number of nitrogens with zero attached hydrogens (tertiary/aromatic N) is 6. The second kappa shape index (κ2) is 44.8. The maximum Gasteiger partial charge on any atom is 0.418 e. The SMILES string of the molecule is O=C(O)c1c(C(=O)O)c(C(F)(F)F)c(C(F)(F)F)c(SSc2c(C(F)(F)F)c(COO)c(COO)c(C(F)(F)F)c2C(F)(F)F)c1C(F)(F)F.O=C(O)c1c(F)c(F)c(SSc2cccc[n+]2[O-])c(F)c1C(=O)O.O=C(O)c1c(F)c(F)c(SSc2nc3ccc(COO)cc3s2)c(F)c1C(=O)O.O=C(O)c1c(F)c(F)c(SSc2nnnn2-c2c(F)c(F)c(C(=O)O)c(COO)c2F)c(F)c1F. The Hall–Kier alpha value is -11.5. The van der Waals surface area contributed by atoms with Gasteiger partial charge in [-0.15, -0.1) is 16.4 Å². The number of aromatic nitrogens is 6. The van der Waals surface area contributed by atoms with Gasteiger partial charge in [0.25, 0.3) is 5.03 Å². The molecule has 0 saturated heterocycles. The van der Waals surface area contributed by atoms with Crippen LogP contribution in [-0.4, -0.2) is 135 Å². The van der Waals surface area contributed by atoms with E-state index in [0.29, 0.717) is 46.4 Å². The zero-order chi connectivity index (χ0) is 105. The maximum atomic E-state index is 14.9. The Morgan fingerprint density at radius 1 is 0.355 bits per heavy atom. The first-order valence-corrected chi connectivity index (χ1v) is 42.6. The molecule has 138 heavy (non-hydrogen) atoms. The molecule has 3 aromatic heterocycles. The maximum absolute atomic E-state index is 14.9. The van der Waals surface area contributed by atoms with Gasteiger partial charge in [-0.1, -0.05) is 27.7 Å². The number of carboxylic acids is 8. The lowest BCUT2D eigenvalue weighted by Gasteiger charge is -2.29. The van der Waals surface area contributed by atoms with E-state index in [9.17, 15) is 185 Å². The van der Waals surface area contributed by atoms with Gasteiger partial charge in [0.1, 0.15) is 65.5 Å². The lowest BCUT2D eigenvalue weighted by Crippen LogP contribution is -2.29. The first kappa shape index (κ1) is 114. The Bertz CT molecular complexity index is 6500. The Morgan fingerprint density at radius 3 is 1.11 bits per heavy atom. The number of fused-ring (bicyclic) bond motifs is 1. The van der Waals surface area contributed by atoms with Crippen LogP contribution in [-0.2, 0) is 83.0 Å². The molecule has 10 aromatic rings. The average Bonchev–Trinajstić information content (AvgIpc) is 0.859. The smallest absolute Gasteiger partial charge is 0.418 e. The lowest BCUT2D eigenvalue weighted by molar-refractivity contribution is -0.645. The number of rotatable bonds is 29. The van der Waals surface area contributed by atoms with E-state index in [2.05, 4.69) is 40.1 Å². The van der Waals surface area contributed by atoms with Gasteiger partial charge in [0.2, 0.25) is 5.16 Å². The molecule has 0 amide bonds. The molecule has 7 aromatic carbocycles. The molecule has 0 radical (unpaired) electrons. The van der Waals surface area contributed by atoms with E-state index in [1.807, 2.05) is 0 Å². The minimum Gasteiger partial charge on any atom is -0.618 e. The summed E-state index contributed by atoms with van der Waals surface area (Å²) < 4.78 is 441. The summed E-state index contributed by atoms with van der Waals surface area (Å²) in [7, 11) is -1.79. The largest absolute Gasteiger partial charge is 0.618 e. The number of hydrogen-bond donors (Lipinski definition) is 12. The molecule has 0 aliphatic heterocycles. The number of carboxylic acid groups (broad SMARTS) is 8. The highest BCUT2D eigenvalue weighted by Crippen LogP contribution is 2.61. The lowest BCUT2D eigenvalue weighted by atomic mass is 9.89. The van der Waals surface area contributed by atoms with Crippen LogP contribution < -0.4 is 4.73 Å². The topological polar surface area (TPSA) is 500 Å². The molecule has 12 N–H and O–H groups in total. The van der Waals surface area contributed by atoms with E-state index in [1.165, 1.54) is 18.2 Å². The summed E-state index contributed by atoms with van der Waals surface area (Å²) in [5.41, 5.74) is -43.0. The van der Waals surface area contributed by atoms with Crippen LogP contribution in [0, 0.1) is 80.8 Å². The van der Waals surface area contributed by atoms with Crippen LogP contribution in [0.5, 0.6) is 0 Å². The molecule has 0 saturated carbocycles. The van der Waals surface area contributed by atoms with Crippen LogP contribution in [0.25, 0.3) is 15.9 Å². The second-order valence-electron chi connectivity index (χ2n) is 24.5. The molecule has 0 aliphatic rings. The van der Waals surface area contributed by atoms with Crippen molar-refractivity contribution in [2.75, 3.05) is 0 Å². The van der Waals surface area contributed by atoms with Crippen molar-refractivity contribution in [3.63, 3.8) is 0 Å². The van der Waals surface area contributed by atoms with Crippen molar-refractivity contribution in [1.82, 2.24) is 25.2 Å². The third-order valence-electron chi connectivity index (χ3n) is 16.3. The first-order valence-electron chi connectivity index (χ1n) is 33.2. The van der Waals surface area contributed by atoms with Crippen molar-refractivity contribution in [3.05, 3.63) is 224 Å². The Kier molecular flexibility index (Phi) is 36.8. The fraction of sp³-hybridized carbons (Fsp3) is 0.149. The predicted octanol–water partition coefficient (Wildman–Crippen LogP) is 21.6. The molecular formula is C67H27F31N6O25S9. The zero-order valence-electron chi connectivity index (χ0n) is 63.6. The minimum absolute atomic E-state index is 0.000828. The van der Waals surface area contributed by atoms with E-state index in [4.69, 9.17) is 56.8 Å². The number of carbonyl (C=O) groups is 8. The van der Waals surface area contributed by atoms with Crippen molar-refractivity contribution in [2.24, 2.45) is 0 Å². The highest BCUT2D eigenvalue weighted by Gasteiger charge is 2.57. The molecular weight excluding hydrogens is 2170 g/mol. The highest BCUT2D eigenvalue weighted by molar-refractivity contribution is 8.77. The number of pyridine rings is 1. The van der Waals surface area contributed by atoms with Crippen LogP contribution in [0.15, 0.2) is 81.6 Å². The first-order chi connectivity index (χ1) is 63.7. The molecule has 71 heteroatoms. The number of aromatic carboxylic acids is 8. The molecule has 31 nitrogen and oxygen atoms in total. The van der Waals surface area contributed by atoms with Gasteiger partial charge in [0.05, 0.1) is 69.4 Å². The Labute approximate surface area is 769 Å². The zero-order valence-corrected chi connectivity index (χ0v) is 71.0. The predicted molar refractivity (Wildman–Crippen MR) is 398 cm³/mol. The number of halogens is 31. The Balaban J connectivity index is 0.000000260. The molecule has 0 spiro atoms. The van der Waals surface area contributed by atoms with E-state index >= 15 is 0 Å². The summed E-state index contributed by atoms with van der Waals surface area (Å²) in [6, 6.07) is 9.18. The monoisotopic (exact) mass is 2190 g/mol. The van der Waals surface area contributed by atoms with Crippen molar-refractivity contribution < 1.29 is 261 Å². The molecule has 0 atom stereocenters. The fourth-order valence-electron chi connectivity index (χ4n) is 11.0. The standard InChI is InChI=1S/C22H8F18O8S2.C16H5F7N4O6S2.C16H8F3NO6S3.C13H6F3NO5S2/c23-17(24,25)7-3(1-47-45)4(2-48-46)8(18(26,27)28)13(11(7)21(35,36)37)49-50-14-10(20(32,33)34)6(16(43)44)5(15(41)42)9(19(29,30)31)12(14)22(38,39)40;17-5-2(1-33-32)3(14(28)29)6(18)9(21)12(5)27-16(24-25-26-27)35-34-13-10(22)7(19)4(15(30)31)8(20)11(13)23;17-10-8(14(21)22)9(15(23)24)11(18)13(12(10)19)28-29-16-20-6-2-1-5(4-26-25)3-7(6)27-16;14-8-6(12(18)19)7(13(20)21)9(15)11(10(8)16)24-23-5-3-1-2-4-17(5)22/h45-46H,1-2H2,(H,41,42)(H,43,44);32H,1H2,(H,28,29)(H,30,31);1-3,25H,4H2,(H,21,22)(H,23,24);1-4H,(H,18,19)(H,20,21). The van der Waals surface area contributed by atoms with E-state index in [1.54, 1.807) is 18.2 Å². The van der Waals surface area contributed by atoms with Crippen LogP contribution in [0.4, 0.5) is 136 Å². The minimum atomic E-state index is -6.91. The van der Waals surface area contributed by atoms with E-state index in [0.717, 1.165) is 28.3 Å². The van der Waals surface area contributed by atoms with Gasteiger partial charge < -0.3 is 46.1 Å². The van der Waals surface area contributed by atoms with Crippen LogP contribution in [0.2, 0.25) is 0 Å². The third kappa shape index (κ3) is 24.5. The highest BCUT2D eigenvalue weighted by atomic mass is 33.1. The molecule has 0 aliphatic carbocycles. The van der Waals surface area contributed by atoms with Gasteiger partial charge in [-0.3, -0.25) is 21.0 Å². The average molecular weight is 2190 g/mol. The van der Waals surface area contributed by atoms with Crippen LogP contribution >= 0.6 is 97.7 Å². The van der Waals surface area contributed by atoms with Crippen LogP contribution in [0.3, 0.4) is 0 Å². The van der Waals surface area contributed by atoms with Gasteiger partial charge in [-0.2, -0.15) is 88.4 Å². The summed E-state index contributed by atoms with van der Waals surface area (Å²) in [4.78, 5) is 98.1. The Morgan fingerprint density at radius 2 is 0.703 bits per heavy atom. The quantitative estimate of drug-likeness (QED) is 0.00394. The number of alkyl halides is 18. The van der Waals surface area contributed by atoms with Gasteiger partial charge in [-0.05, 0) is 88.2 Å². The molecule has 3 heterocycles. The summed E-state index contributed by atoms with van der Waals surface area (Å²) >= 11 is 1.14. The normalized spacial score (nSPS) is 12.0. The molecule has 10 rings (SSSR count). The molecule has 0 fully saturated rings. The van der Waals surface area contributed by atoms with Gasteiger partial charge >= 0.3 is 84.8 Å². The second-order valence-corrected chi connectivity index (χ2v) is 34.3. The summed E-state index contributed by atoms with van der Waals surface area (Å²) in [6.07, 6.45) is -39.1. The molecule has 746 valence electrons. The van der Waals surface area contributed by atoms with Crippen molar-refractivity contribution >= 4 is 156 Å². The summed E-state index contributed by atoms with van der Waals surface area (Å²) in [6.45, 7) is -5.79. The number of thiazole rings is 1. The van der Waals surface area contributed by atoms with Crippen LogP contribution in [0.1, 0.15) is 138 Å². The number of tetrazole rings is 1. The van der Waals surface area contributed by atoms with E-state index < -0.39 is 332 Å². The number of benzene rings is 7. The number of hydrogen-bond acceptors (Lipinski definition) is 30. The van der Waals surface area contributed by atoms with E-state index in [-0.39, 0.29) is 48.7 Å². The fourth-order valence-corrected chi connectivity index (χ4v) is 21.4. The summed E-state index contributed by atoms with van der Waals surface area (Å²) in [5.74, 6) is -45.3. The van der Waals surface area contributed by atoms with Crippen molar-refractivity contribution in [1.29, 1.82) is 0 Å². The third-order valence-corrected chi connectivity index (χ3v) is 27.0. The summed E-state index contributed by atoms with van der Waals surface area (Å²) in [5, 5.41) is 126. The van der Waals surface area contributed by atoms with Gasteiger partial charge in [-0.25, -0.2) is 120 Å². The van der Waals surface area contributed by atoms with Gasteiger partial charge in [0.15, 0.2) is 86.2 Å².